The van der Waals surface area contributed by atoms with Crippen LogP contribution in [0.5, 0.6) is 0 Å². The van der Waals surface area contributed by atoms with Gasteiger partial charge in [-0.1, -0.05) is 18.2 Å². The molecule has 2 unspecified atom stereocenters. The fourth-order valence-corrected chi connectivity index (χ4v) is 2.38. The summed E-state index contributed by atoms with van der Waals surface area (Å²) in [5, 5.41) is 0. The van der Waals surface area contributed by atoms with Crippen LogP contribution in [-0.2, 0) is 4.79 Å². The van der Waals surface area contributed by atoms with Crippen molar-refractivity contribution in [1.29, 1.82) is 0 Å². The van der Waals surface area contributed by atoms with Crippen LogP contribution in [0.25, 0.3) is 0 Å². The fraction of sp³-hybridized carbons (Fsp3) is 0.462. The molecular weight excluding hydrogens is 172 g/mol. The van der Waals surface area contributed by atoms with E-state index in [1.807, 2.05) is 0 Å². The lowest BCUT2D eigenvalue weighted by Crippen LogP contribution is -1.98. The van der Waals surface area contributed by atoms with Crippen LogP contribution < -0.4 is 0 Å². The van der Waals surface area contributed by atoms with Crippen molar-refractivity contribution in [1.82, 2.24) is 0 Å². The van der Waals surface area contributed by atoms with Crippen LogP contribution in [0.1, 0.15) is 36.0 Å². The minimum atomic E-state index is 0.301. The number of carbonyl (C=O) groups is 1. The maximum absolute atomic E-state index is 11.2. The van der Waals surface area contributed by atoms with Crippen molar-refractivity contribution in [3.05, 3.63) is 34.9 Å². The highest BCUT2D eigenvalue weighted by molar-refractivity contribution is 5.82. The Balaban J connectivity index is 2.31. The molecule has 0 spiro atoms. The molecule has 0 heterocycles. The largest absolute Gasteiger partial charge is 0.300 e. The smallest absolute Gasteiger partial charge is 0.133 e. The Morgan fingerprint density at radius 2 is 1.86 bits per heavy atom. The average molecular weight is 188 g/mol. The maximum atomic E-state index is 11.2. The number of ketones is 1. The number of rotatable bonds is 2. The van der Waals surface area contributed by atoms with Crippen molar-refractivity contribution < 1.29 is 4.79 Å². The van der Waals surface area contributed by atoms with E-state index in [1.54, 1.807) is 6.92 Å². The van der Waals surface area contributed by atoms with Gasteiger partial charge in [-0.3, -0.25) is 4.79 Å². The molecule has 1 aromatic rings. The van der Waals surface area contributed by atoms with Gasteiger partial charge in [-0.2, -0.15) is 0 Å². The standard InChI is InChI=1S/C13H16O/c1-8-5-4-6-9(2)13(8)12-7-11(12)10(3)14/h4-6,11-12H,7H2,1-3H3. The van der Waals surface area contributed by atoms with E-state index in [-0.39, 0.29) is 0 Å². The van der Waals surface area contributed by atoms with E-state index in [0.717, 1.165) is 6.42 Å². The lowest BCUT2D eigenvalue weighted by Gasteiger charge is -2.08. The van der Waals surface area contributed by atoms with E-state index < -0.39 is 0 Å². The van der Waals surface area contributed by atoms with Crippen LogP contribution in [-0.4, -0.2) is 5.78 Å². The summed E-state index contributed by atoms with van der Waals surface area (Å²) in [6.07, 6.45) is 1.06. The number of aryl methyl sites for hydroxylation is 2. The van der Waals surface area contributed by atoms with E-state index in [2.05, 4.69) is 32.0 Å². The molecule has 0 bridgehead atoms. The number of Topliss-reactive ketones (excluding diaryl/α,β-unsaturated/α-hetero) is 1. The highest BCUT2D eigenvalue weighted by Gasteiger charge is 2.42. The summed E-state index contributed by atoms with van der Waals surface area (Å²) >= 11 is 0. The summed E-state index contributed by atoms with van der Waals surface area (Å²) in [5.41, 5.74) is 4.07. The molecule has 0 saturated heterocycles. The molecule has 1 aromatic carbocycles. The minimum absolute atomic E-state index is 0.301. The molecule has 2 atom stereocenters. The van der Waals surface area contributed by atoms with Crippen molar-refractivity contribution >= 4 is 5.78 Å². The average Bonchev–Trinajstić information content (AvgIpc) is 2.83. The van der Waals surface area contributed by atoms with Gasteiger partial charge >= 0.3 is 0 Å². The second-order valence-corrected chi connectivity index (χ2v) is 4.36. The van der Waals surface area contributed by atoms with Crippen LogP contribution >= 0.6 is 0 Å². The number of carbonyl (C=O) groups excluding carboxylic acids is 1. The third-order valence-electron chi connectivity index (χ3n) is 3.23. The molecule has 1 aliphatic rings. The molecule has 2 rings (SSSR count). The van der Waals surface area contributed by atoms with Crippen molar-refractivity contribution in [2.24, 2.45) is 5.92 Å². The molecule has 0 amide bonds. The molecule has 14 heavy (non-hydrogen) atoms. The number of benzene rings is 1. The molecule has 1 heteroatoms. The molecule has 1 aliphatic carbocycles. The van der Waals surface area contributed by atoms with Gasteiger partial charge in [-0.25, -0.2) is 0 Å². The first-order valence-corrected chi connectivity index (χ1v) is 5.18. The lowest BCUT2D eigenvalue weighted by atomic mass is 9.97. The summed E-state index contributed by atoms with van der Waals surface area (Å²) < 4.78 is 0. The van der Waals surface area contributed by atoms with Crippen LogP contribution in [0.3, 0.4) is 0 Å². The van der Waals surface area contributed by atoms with Gasteiger partial charge in [0, 0.05) is 5.92 Å². The maximum Gasteiger partial charge on any atom is 0.133 e. The molecule has 0 aromatic heterocycles. The minimum Gasteiger partial charge on any atom is -0.300 e. The van der Waals surface area contributed by atoms with Crippen LogP contribution in [0, 0.1) is 19.8 Å². The van der Waals surface area contributed by atoms with Gasteiger partial charge in [0.05, 0.1) is 0 Å². The normalized spacial score (nSPS) is 24.8. The third kappa shape index (κ3) is 1.47. The number of hydrogen-bond donors (Lipinski definition) is 0. The zero-order valence-electron chi connectivity index (χ0n) is 9.00. The molecule has 1 nitrogen and oxygen atoms in total. The first-order valence-electron chi connectivity index (χ1n) is 5.18. The Labute approximate surface area is 85.1 Å². The lowest BCUT2D eigenvalue weighted by molar-refractivity contribution is -0.118. The summed E-state index contributed by atoms with van der Waals surface area (Å²) in [6.45, 7) is 5.98. The highest BCUT2D eigenvalue weighted by atomic mass is 16.1. The molecule has 0 N–H and O–H groups in total. The van der Waals surface area contributed by atoms with Gasteiger partial charge in [0.25, 0.3) is 0 Å². The van der Waals surface area contributed by atoms with E-state index in [1.165, 1.54) is 16.7 Å². The summed E-state index contributed by atoms with van der Waals surface area (Å²) in [5.74, 6) is 1.15. The SMILES string of the molecule is CC(=O)C1CC1c1c(C)cccc1C. The summed E-state index contributed by atoms with van der Waals surface area (Å²) in [4.78, 5) is 11.2. The van der Waals surface area contributed by atoms with E-state index in [4.69, 9.17) is 0 Å². The molecule has 0 radical (unpaired) electrons. The van der Waals surface area contributed by atoms with E-state index in [0.29, 0.717) is 17.6 Å². The highest BCUT2D eigenvalue weighted by Crippen LogP contribution is 2.49. The van der Waals surface area contributed by atoms with Crippen molar-refractivity contribution in [3.63, 3.8) is 0 Å². The molecule has 74 valence electrons. The first kappa shape index (κ1) is 9.45. The second-order valence-electron chi connectivity index (χ2n) is 4.36. The fourth-order valence-electron chi connectivity index (χ4n) is 2.38. The van der Waals surface area contributed by atoms with Gasteiger partial charge < -0.3 is 0 Å². The molecular formula is C13H16O. The predicted octanol–water partition coefficient (Wildman–Crippen LogP) is 3.00. The van der Waals surface area contributed by atoms with E-state index >= 15 is 0 Å². The quantitative estimate of drug-likeness (QED) is 0.697. The van der Waals surface area contributed by atoms with Gasteiger partial charge in [0.1, 0.15) is 5.78 Å². The molecule has 1 fully saturated rings. The van der Waals surface area contributed by atoms with Crippen molar-refractivity contribution in [2.75, 3.05) is 0 Å². The molecule has 0 aliphatic heterocycles. The Hall–Kier alpha value is -1.11. The Kier molecular flexibility index (Phi) is 2.18. The third-order valence-corrected chi connectivity index (χ3v) is 3.23. The van der Waals surface area contributed by atoms with Gasteiger partial charge in [0.15, 0.2) is 0 Å². The topological polar surface area (TPSA) is 17.1 Å². The predicted molar refractivity (Wildman–Crippen MR) is 57.4 cm³/mol. The number of hydrogen-bond acceptors (Lipinski definition) is 1. The summed E-state index contributed by atoms with van der Waals surface area (Å²) in [7, 11) is 0. The Bertz CT molecular complexity index is 359. The summed E-state index contributed by atoms with van der Waals surface area (Å²) in [6, 6.07) is 6.36. The van der Waals surface area contributed by atoms with Gasteiger partial charge in [-0.05, 0) is 49.8 Å². The molecule has 1 saturated carbocycles. The van der Waals surface area contributed by atoms with E-state index in [9.17, 15) is 4.79 Å². The zero-order valence-corrected chi connectivity index (χ0v) is 9.00. The Morgan fingerprint density at radius 1 is 1.29 bits per heavy atom. The second kappa shape index (κ2) is 3.23. The first-order chi connectivity index (χ1) is 6.61. The van der Waals surface area contributed by atoms with Gasteiger partial charge in [0.2, 0.25) is 0 Å². The van der Waals surface area contributed by atoms with Crippen LogP contribution in [0.4, 0.5) is 0 Å². The van der Waals surface area contributed by atoms with Crippen molar-refractivity contribution in [3.8, 4) is 0 Å². The zero-order chi connectivity index (χ0) is 10.3. The van der Waals surface area contributed by atoms with Crippen LogP contribution in [0.2, 0.25) is 0 Å². The Morgan fingerprint density at radius 3 is 2.29 bits per heavy atom. The van der Waals surface area contributed by atoms with Gasteiger partial charge in [-0.15, -0.1) is 0 Å². The van der Waals surface area contributed by atoms with Crippen molar-refractivity contribution in [2.45, 2.75) is 33.1 Å². The monoisotopic (exact) mass is 188 g/mol. The van der Waals surface area contributed by atoms with Crippen LogP contribution in [0.15, 0.2) is 18.2 Å².